The summed E-state index contributed by atoms with van der Waals surface area (Å²) in [7, 11) is 0. The Morgan fingerprint density at radius 2 is 1.58 bits per heavy atom. The van der Waals surface area contributed by atoms with Crippen LogP contribution in [0.1, 0.15) is 24.8 Å². The van der Waals surface area contributed by atoms with Crippen molar-refractivity contribution in [3.05, 3.63) is 59.7 Å². The van der Waals surface area contributed by atoms with E-state index in [4.69, 9.17) is 5.73 Å². The molecule has 2 aromatic rings. The maximum Gasteiger partial charge on any atom is 0.131 e. The van der Waals surface area contributed by atoms with Crippen molar-refractivity contribution in [1.82, 2.24) is 0 Å². The van der Waals surface area contributed by atoms with Crippen molar-refractivity contribution in [3.8, 4) is 11.1 Å². The van der Waals surface area contributed by atoms with Crippen LogP contribution < -0.4 is 5.73 Å². The quantitative estimate of drug-likeness (QED) is 0.867. The molecule has 1 aliphatic carbocycles. The van der Waals surface area contributed by atoms with Crippen LogP contribution in [0.25, 0.3) is 11.1 Å². The smallest absolute Gasteiger partial charge is 0.131 e. The van der Waals surface area contributed by atoms with E-state index in [9.17, 15) is 8.78 Å². The van der Waals surface area contributed by atoms with Gasteiger partial charge in [-0.2, -0.15) is 0 Å². The highest BCUT2D eigenvalue weighted by Crippen LogP contribution is 2.40. The van der Waals surface area contributed by atoms with Gasteiger partial charge < -0.3 is 5.73 Å². The molecule has 98 valence electrons. The molecule has 3 rings (SSSR count). The molecule has 0 saturated heterocycles. The predicted molar refractivity (Wildman–Crippen MR) is 71.5 cm³/mol. The number of hydrogen-bond acceptors (Lipinski definition) is 1. The molecule has 0 spiro atoms. The average molecular weight is 259 g/mol. The van der Waals surface area contributed by atoms with E-state index in [2.05, 4.69) is 0 Å². The van der Waals surface area contributed by atoms with Gasteiger partial charge in [-0.05, 0) is 43.0 Å². The van der Waals surface area contributed by atoms with Crippen LogP contribution in [0.2, 0.25) is 0 Å². The average Bonchev–Trinajstić information content (AvgIpc) is 2.38. The van der Waals surface area contributed by atoms with Crippen LogP contribution >= 0.6 is 0 Å². The Hall–Kier alpha value is -1.74. The maximum atomic E-state index is 13.9. The fraction of sp³-hybridized carbons (Fsp3) is 0.250. The lowest BCUT2D eigenvalue weighted by molar-refractivity contribution is 0.253. The standard InChI is InChI=1S/C16H15F2N/c17-14-5-2-1-4-12(14)13-10-11(6-7-15(13)18)16(19)8-3-9-16/h1-2,4-7,10H,3,8-9,19H2. The summed E-state index contributed by atoms with van der Waals surface area (Å²) in [6.07, 6.45) is 2.88. The number of rotatable bonds is 2. The topological polar surface area (TPSA) is 26.0 Å². The summed E-state index contributed by atoms with van der Waals surface area (Å²) >= 11 is 0. The second-order valence-corrected chi connectivity index (χ2v) is 5.18. The van der Waals surface area contributed by atoms with Crippen LogP contribution in [0, 0.1) is 11.6 Å². The molecule has 2 N–H and O–H groups in total. The molecule has 19 heavy (non-hydrogen) atoms. The Kier molecular flexibility index (Phi) is 2.86. The second-order valence-electron chi connectivity index (χ2n) is 5.18. The van der Waals surface area contributed by atoms with E-state index in [1.54, 1.807) is 30.3 Å². The first-order valence-corrected chi connectivity index (χ1v) is 6.44. The predicted octanol–water partition coefficient (Wildman–Crippen LogP) is 3.97. The lowest BCUT2D eigenvalue weighted by atomic mass is 9.72. The first-order chi connectivity index (χ1) is 9.10. The molecule has 0 aromatic heterocycles. The molecular weight excluding hydrogens is 244 g/mol. The molecule has 1 saturated carbocycles. The molecule has 3 heteroatoms. The van der Waals surface area contributed by atoms with Crippen LogP contribution in [0.4, 0.5) is 8.78 Å². The summed E-state index contributed by atoms with van der Waals surface area (Å²) in [6, 6.07) is 11.0. The molecule has 0 aliphatic heterocycles. The Morgan fingerprint density at radius 3 is 2.21 bits per heavy atom. The first-order valence-electron chi connectivity index (χ1n) is 6.44. The molecule has 2 aromatic carbocycles. The van der Waals surface area contributed by atoms with Gasteiger partial charge in [0.15, 0.2) is 0 Å². The van der Waals surface area contributed by atoms with Gasteiger partial charge in [0.1, 0.15) is 11.6 Å². The van der Waals surface area contributed by atoms with Crippen LogP contribution in [0.5, 0.6) is 0 Å². The number of hydrogen-bond donors (Lipinski definition) is 1. The van der Waals surface area contributed by atoms with E-state index < -0.39 is 11.6 Å². The van der Waals surface area contributed by atoms with Crippen molar-refractivity contribution >= 4 is 0 Å². The minimum absolute atomic E-state index is 0.282. The van der Waals surface area contributed by atoms with Crippen molar-refractivity contribution in [2.45, 2.75) is 24.8 Å². The van der Waals surface area contributed by atoms with Crippen LogP contribution in [0.3, 0.4) is 0 Å². The molecule has 0 amide bonds. The summed E-state index contributed by atoms with van der Waals surface area (Å²) in [4.78, 5) is 0. The Bertz CT molecular complexity index is 618. The van der Waals surface area contributed by atoms with E-state index in [0.29, 0.717) is 0 Å². The van der Waals surface area contributed by atoms with Gasteiger partial charge in [-0.25, -0.2) is 8.78 Å². The zero-order chi connectivity index (χ0) is 13.5. The van der Waals surface area contributed by atoms with E-state index >= 15 is 0 Å². The molecular formula is C16H15F2N. The Labute approximate surface area is 111 Å². The van der Waals surface area contributed by atoms with Crippen molar-refractivity contribution in [2.75, 3.05) is 0 Å². The summed E-state index contributed by atoms with van der Waals surface area (Å²) in [5.41, 5.74) is 7.33. The van der Waals surface area contributed by atoms with Gasteiger partial charge in [0, 0.05) is 16.7 Å². The number of benzene rings is 2. The molecule has 1 aliphatic rings. The van der Waals surface area contributed by atoms with Gasteiger partial charge in [-0.15, -0.1) is 0 Å². The van der Waals surface area contributed by atoms with Crippen LogP contribution in [0.15, 0.2) is 42.5 Å². The van der Waals surface area contributed by atoms with Gasteiger partial charge in [0.2, 0.25) is 0 Å². The van der Waals surface area contributed by atoms with E-state index in [0.717, 1.165) is 24.8 Å². The van der Waals surface area contributed by atoms with E-state index in [-0.39, 0.29) is 16.7 Å². The Balaban J connectivity index is 2.11. The highest BCUT2D eigenvalue weighted by atomic mass is 19.1. The molecule has 0 heterocycles. The maximum absolute atomic E-state index is 13.9. The zero-order valence-corrected chi connectivity index (χ0v) is 10.5. The first kappa shape index (κ1) is 12.3. The van der Waals surface area contributed by atoms with Gasteiger partial charge in [0.25, 0.3) is 0 Å². The van der Waals surface area contributed by atoms with Crippen molar-refractivity contribution in [3.63, 3.8) is 0 Å². The summed E-state index contributed by atoms with van der Waals surface area (Å²) in [5.74, 6) is -0.838. The monoisotopic (exact) mass is 259 g/mol. The molecule has 0 unspecified atom stereocenters. The second kappa shape index (κ2) is 4.42. The van der Waals surface area contributed by atoms with E-state index in [1.807, 2.05) is 0 Å². The largest absolute Gasteiger partial charge is 0.321 e. The molecule has 0 bridgehead atoms. The van der Waals surface area contributed by atoms with Crippen molar-refractivity contribution in [1.29, 1.82) is 0 Å². The minimum atomic E-state index is -0.420. The third kappa shape index (κ3) is 2.04. The zero-order valence-electron chi connectivity index (χ0n) is 10.5. The van der Waals surface area contributed by atoms with Crippen molar-refractivity contribution < 1.29 is 8.78 Å². The normalized spacial score (nSPS) is 17.0. The van der Waals surface area contributed by atoms with Crippen LogP contribution in [-0.2, 0) is 5.54 Å². The molecule has 1 nitrogen and oxygen atoms in total. The fourth-order valence-corrected chi connectivity index (χ4v) is 2.57. The number of halogens is 2. The summed E-state index contributed by atoms with van der Waals surface area (Å²) in [6.45, 7) is 0. The third-order valence-corrected chi connectivity index (χ3v) is 3.95. The van der Waals surface area contributed by atoms with Crippen LogP contribution in [-0.4, -0.2) is 0 Å². The van der Waals surface area contributed by atoms with Gasteiger partial charge in [-0.3, -0.25) is 0 Å². The molecule has 0 radical (unpaired) electrons. The molecule has 0 atom stereocenters. The van der Waals surface area contributed by atoms with Crippen molar-refractivity contribution in [2.24, 2.45) is 5.73 Å². The van der Waals surface area contributed by atoms with E-state index in [1.165, 1.54) is 12.1 Å². The summed E-state index contributed by atoms with van der Waals surface area (Å²) in [5, 5.41) is 0. The number of nitrogens with two attached hydrogens (primary N) is 1. The lowest BCUT2D eigenvalue weighted by Crippen LogP contribution is -2.43. The lowest BCUT2D eigenvalue weighted by Gasteiger charge is -2.38. The minimum Gasteiger partial charge on any atom is -0.321 e. The SMILES string of the molecule is NC1(c2ccc(F)c(-c3ccccc3F)c2)CCC1. The van der Waals surface area contributed by atoms with Gasteiger partial charge >= 0.3 is 0 Å². The Morgan fingerprint density at radius 1 is 0.895 bits per heavy atom. The third-order valence-electron chi connectivity index (χ3n) is 3.95. The van der Waals surface area contributed by atoms with Gasteiger partial charge in [0.05, 0.1) is 0 Å². The fourth-order valence-electron chi connectivity index (χ4n) is 2.57. The van der Waals surface area contributed by atoms with Gasteiger partial charge in [-0.1, -0.05) is 24.3 Å². The highest BCUT2D eigenvalue weighted by molar-refractivity contribution is 5.66. The molecule has 1 fully saturated rings. The highest BCUT2D eigenvalue weighted by Gasteiger charge is 2.34. The summed E-state index contributed by atoms with van der Waals surface area (Å²) < 4.78 is 27.7.